The zero-order chi connectivity index (χ0) is 8.97. The summed E-state index contributed by atoms with van der Waals surface area (Å²) < 4.78 is 4.59. The minimum atomic E-state index is -0.678. The number of hydrogen-bond acceptors (Lipinski definition) is 4. The van der Waals surface area contributed by atoms with E-state index in [2.05, 4.69) is 14.7 Å². The molecule has 0 radical (unpaired) electrons. The van der Waals surface area contributed by atoms with Crippen LogP contribution in [0.15, 0.2) is 17.3 Å². The number of ether oxygens (including phenoxy) is 1. The summed E-state index contributed by atoms with van der Waals surface area (Å²) in [5.74, 6) is -0.678. The molecule has 0 aliphatic carbocycles. The summed E-state index contributed by atoms with van der Waals surface area (Å²) in [6.07, 6.45) is 2.23. The fourth-order valence-corrected chi connectivity index (χ4v) is 0.667. The largest absolute Gasteiger partial charge is 1.00 e. The van der Waals surface area contributed by atoms with Gasteiger partial charge in [0.2, 0.25) is 0 Å². The topological polar surface area (TPSA) is 70.4 Å². The molecule has 0 bridgehead atoms. The van der Waals surface area contributed by atoms with Crippen molar-refractivity contribution in [2.45, 2.75) is 6.92 Å². The Morgan fingerprint density at radius 3 is 2.92 bits per heavy atom. The molecule has 1 rings (SSSR count). The zero-order valence-corrected chi connectivity index (χ0v) is 12.4. The Morgan fingerprint density at radius 2 is 2.38 bits per heavy atom. The summed E-state index contributed by atoms with van der Waals surface area (Å²) in [7, 11) is 0. The molecule has 0 spiro atoms. The first kappa shape index (κ1) is 13.2. The summed E-state index contributed by atoms with van der Waals surface area (Å²) >= 11 is 0. The Morgan fingerprint density at radius 1 is 1.69 bits per heavy atom. The number of aromatic nitrogens is 2. The number of nitrogens with zero attached hydrogens (tertiary/aromatic N) is 2. The fourth-order valence-electron chi connectivity index (χ4n) is 0.667. The van der Waals surface area contributed by atoms with E-state index in [0.717, 1.165) is 12.5 Å². The molecule has 1 aromatic rings. The van der Waals surface area contributed by atoms with Gasteiger partial charge in [-0.05, 0) is 6.92 Å². The van der Waals surface area contributed by atoms with Crippen LogP contribution in [-0.2, 0) is 4.74 Å². The zero-order valence-electron chi connectivity index (χ0n) is 7.48. The normalized spacial score (nSPS) is 8.69. The van der Waals surface area contributed by atoms with Crippen molar-refractivity contribution in [3.8, 4) is 0 Å². The molecule has 13 heavy (non-hydrogen) atoms. The van der Waals surface area contributed by atoms with Crippen LogP contribution in [0.2, 0.25) is 0 Å². The molecule has 6 heteroatoms. The molecule has 0 amide bonds. The first-order valence-corrected chi connectivity index (χ1v) is 3.40. The first-order chi connectivity index (χ1) is 5.75. The fraction of sp³-hybridized carbons (Fsp3) is 0.286. The quantitative estimate of drug-likeness (QED) is 0.513. The molecule has 0 aliphatic rings. The van der Waals surface area contributed by atoms with Crippen molar-refractivity contribution in [3.05, 3.63) is 28.4 Å². The van der Waals surface area contributed by atoms with Gasteiger partial charge in [0.05, 0.1) is 12.2 Å². The third kappa shape index (κ3) is 3.80. The van der Waals surface area contributed by atoms with E-state index in [9.17, 15) is 9.59 Å². The molecule has 0 saturated heterocycles. The molecule has 0 unspecified atom stereocenters. The van der Waals surface area contributed by atoms with E-state index < -0.39 is 11.5 Å². The van der Waals surface area contributed by atoms with Crippen molar-refractivity contribution < 1.29 is 67.7 Å². The van der Waals surface area contributed by atoms with Crippen LogP contribution in [-0.4, -0.2) is 17.6 Å². The second kappa shape index (κ2) is 6.59. The monoisotopic (exact) mass is 252 g/mol. The minimum Gasteiger partial charge on any atom is -0.462 e. The SMILES string of the molecule is CCOC(=O)c1cnc[n-]c1=O.[Rb+]. The van der Waals surface area contributed by atoms with E-state index in [1.165, 1.54) is 0 Å². The van der Waals surface area contributed by atoms with Crippen molar-refractivity contribution in [1.82, 2.24) is 9.97 Å². The number of rotatable bonds is 2. The van der Waals surface area contributed by atoms with E-state index in [4.69, 9.17) is 0 Å². The van der Waals surface area contributed by atoms with Crippen molar-refractivity contribution in [2.75, 3.05) is 6.61 Å². The predicted molar refractivity (Wildman–Crippen MR) is 39.8 cm³/mol. The van der Waals surface area contributed by atoms with Gasteiger partial charge in [0.25, 0.3) is 0 Å². The molecule has 0 saturated carbocycles. The molecule has 0 fully saturated rings. The molecule has 0 aromatic carbocycles. The molecule has 5 nitrogen and oxygen atoms in total. The average Bonchev–Trinajstić information content (AvgIpc) is 2.05. The molecule has 64 valence electrons. The summed E-state index contributed by atoms with van der Waals surface area (Å²) in [6.45, 7) is 1.89. The van der Waals surface area contributed by atoms with Crippen LogP contribution < -0.4 is 68.7 Å². The Hall–Kier alpha value is 0.155. The van der Waals surface area contributed by atoms with Gasteiger partial charge in [-0.1, -0.05) is 12.5 Å². The maximum absolute atomic E-state index is 11.0. The number of esters is 1. The number of carbonyl (C=O) groups is 1. The number of hydrogen-bond donors (Lipinski definition) is 0. The Balaban J connectivity index is 0.00000144. The van der Waals surface area contributed by atoms with Crippen molar-refractivity contribution in [3.63, 3.8) is 0 Å². The van der Waals surface area contributed by atoms with Gasteiger partial charge in [-0.25, -0.2) is 4.79 Å². The van der Waals surface area contributed by atoms with Crippen molar-refractivity contribution >= 4 is 5.97 Å². The van der Waals surface area contributed by atoms with Crippen LogP contribution in [0.5, 0.6) is 0 Å². The summed E-state index contributed by atoms with van der Waals surface area (Å²) in [4.78, 5) is 28.7. The third-order valence-electron chi connectivity index (χ3n) is 1.17. The van der Waals surface area contributed by atoms with Gasteiger partial charge in [-0.2, -0.15) is 0 Å². The summed E-state index contributed by atoms with van der Waals surface area (Å²) in [5, 5.41) is 0. The summed E-state index contributed by atoms with van der Waals surface area (Å²) in [6, 6.07) is 0. The second-order valence-corrected chi connectivity index (χ2v) is 1.96. The maximum atomic E-state index is 11.0. The van der Waals surface area contributed by atoms with Crippen molar-refractivity contribution in [1.29, 1.82) is 0 Å². The van der Waals surface area contributed by atoms with Crippen molar-refractivity contribution in [2.24, 2.45) is 0 Å². The van der Waals surface area contributed by atoms with Gasteiger partial charge in [0.15, 0.2) is 5.56 Å². The molecule has 1 heterocycles. The Labute approximate surface area is 124 Å². The Kier molecular flexibility index (Phi) is 6.66. The minimum absolute atomic E-state index is 0. The van der Waals surface area contributed by atoms with Gasteiger partial charge in [0.1, 0.15) is 0 Å². The van der Waals surface area contributed by atoms with Gasteiger partial charge < -0.3 is 14.7 Å². The van der Waals surface area contributed by atoms with E-state index in [1.807, 2.05) is 0 Å². The van der Waals surface area contributed by atoms with Crippen LogP contribution in [0.1, 0.15) is 17.3 Å². The third-order valence-corrected chi connectivity index (χ3v) is 1.17. The molecular weight excluding hydrogens is 246 g/mol. The smallest absolute Gasteiger partial charge is 0.462 e. The molecule has 0 N–H and O–H groups in total. The van der Waals surface area contributed by atoms with E-state index >= 15 is 0 Å². The molecular formula is C7H7N2O3Rb. The molecule has 0 atom stereocenters. The van der Waals surface area contributed by atoms with Crippen LogP contribution >= 0.6 is 0 Å². The van der Waals surface area contributed by atoms with Gasteiger partial charge >= 0.3 is 64.2 Å². The first-order valence-electron chi connectivity index (χ1n) is 3.40. The van der Waals surface area contributed by atoms with Crippen LogP contribution in [0.25, 0.3) is 0 Å². The van der Waals surface area contributed by atoms with Gasteiger partial charge in [0, 0.05) is 0 Å². The van der Waals surface area contributed by atoms with Crippen LogP contribution in [0.4, 0.5) is 0 Å². The van der Waals surface area contributed by atoms with Crippen LogP contribution in [0, 0.1) is 0 Å². The molecule has 0 aliphatic heterocycles. The van der Waals surface area contributed by atoms with Gasteiger partial charge in [-0.3, -0.25) is 4.79 Å². The Bertz CT molecular complexity index is 337. The standard InChI is InChI=1S/C7H8N2O3.Rb/c1-2-12-7(11)5-3-8-4-9-6(5)10;/h3-4H,2H2,1H3,(H,8,9,10,11);/q;+1/p-1. The maximum Gasteiger partial charge on any atom is 1.00 e. The molecule has 1 aromatic heterocycles. The van der Waals surface area contributed by atoms with E-state index in [0.29, 0.717) is 0 Å². The predicted octanol–water partition coefficient (Wildman–Crippen LogP) is -3.42. The number of carbonyl (C=O) groups excluding carboxylic acids is 1. The summed E-state index contributed by atoms with van der Waals surface area (Å²) in [5.41, 5.74) is -0.734. The van der Waals surface area contributed by atoms with Gasteiger partial charge in [-0.15, -0.1) is 0 Å². The van der Waals surface area contributed by atoms with E-state index in [-0.39, 0.29) is 70.4 Å². The van der Waals surface area contributed by atoms with E-state index in [1.54, 1.807) is 6.92 Å². The average molecular weight is 253 g/mol. The van der Waals surface area contributed by atoms with Crippen LogP contribution in [0.3, 0.4) is 0 Å². The second-order valence-electron chi connectivity index (χ2n) is 1.96.